The van der Waals surface area contributed by atoms with Gasteiger partial charge in [-0.1, -0.05) is 36.7 Å². The largest absolute Gasteiger partial charge is 0.316 e. The van der Waals surface area contributed by atoms with Crippen molar-refractivity contribution in [1.29, 1.82) is 0 Å². The Bertz CT molecular complexity index is 563. The van der Waals surface area contributed by atoms with Crippen LogP contribution in [0.1, 0.15) is 44.0 Å². The van der Waals surface area contributed by atoms with E-state index >= 15 is 0 Å². The molecule has 2 rings (SSSR count). The molecule has 0 fully saturated rings. The molecule has 0 radical (unpaired) electrons. The second-order valence-corrected chi connectivity index (χ2v) is 6.02. The van der Waals surface area contributed by atoms with Gasteiger partial charge in [0, 0.05) is 29.7 Å². The number of rotatable bonds is 7. The fourth-order valence-corrected chi connectivity index (χ4v) is 2.73. The van der Waals surface area contributed by atoms with Gasteiger partial charge in [0.15, 0.2) is 0 Å². The molecule has 0 saturated heterocycles. The van der Waals surface area contributed by atoms with E-state index in [1.807, 2.05) is 22.9 Å². The minimum atomic E-state index is 0.342. The first-order valence-corrected chi connectivity index (χ1v) is 7.98. The Balaban J connectivity index is 2.18. The van der Waals surface area contributed by atoms with Gasteiger partial charge in [-0.3, -0.25) is 4.68 Å². The Labute approximate surface area is 132 Å². The van der Waals surface area contributed by atoms with E-state index in [1.54, 1.807) is 0 Å². The smallest absolute Gasteiger partial charge is 0.0631 e. The molecule has 0 bridgehead atoms. The molecule has 1 atom stereocenters. The standard InChI is InChI=1S/C17H24ClN3/c1-4-19-12-14(16-7-5-6-8-17(16)18)11-15-9-10-21(20-15)13(2)3/h5-10,13-14,19H,4,11-12H2,1-3H3. The summed E-state index contributed by atoms with van der Waals surface area (Å²) in [7, 11) is 0. The Hall–Kier alpha value is -1.32. The van der Waals surface area contributed by atoms with Crippen LogP contribution in [0, 0.1) is 0 Å². The lowest BCUT2D eigenvalue weighted by molar-refractivity contribution is 0.518. The van der Waals surface area contributed by atoms with Crippen LogP contribution in [0.3, 0.4) is 0 Å². The van der Waals surface area contributed by atoms with Crippen LogP contribution in [0.25, 0.3) is 0 Å². The molecule has 0 aliphatic carbocycles. The van der Waals surface area contributed by atoms with Crippen LogP contribution >= 0.6 is 11.6 Å². The van der Waals surface area contributed by atoms with E-state index < -0.39 is 0 Å². The van der Waals surface area contributed by atoms with Gasteiger partial charge in [0.25, 0.3) is 0 Å². The summed E-state index contributed by atoms with van der Waals surface area (Å²) < 4.78 is 2.01. The number of likely N-dealkylation sites (N-methyl/N-ethyl adjacent to an activating group) is 1. The van der Waals surface area contributed by atoms with E-state index in [9.17, 15) is 0 Å². The van der Waals surface area contributed by atoms with Gasteiger partial charge in [-0.25, -0.2) is 0 Å². The maximum absolute atomic E-state index is 6.37. The number of halogens is 1. The van der Waals surface area contributed by atoms with Crippen LogP contribution < -0.4 is 5.32 Å². The lowest BCUT2D eigenvalue weighted by atomic mass is 9.94. The quantitative estimate of drug-likeness (QED) is 0.836. The summed E-state index contributed by atoms with van der Waals surface area (Å²) in [4.78, 5) is 0. The lowest BCUT2D eigenvalue weighted by Crippen LogP contribution is -2.23. The highest BCUT2D eigenvalue weighted by Gasteiger charge is 2.16. The second kappa shape index (κ2) is 7.62. The fraction of sp³-hybridized carbons (Fsp3) is 0.471. The van der Waals surface area contributed by atoms with Crippen LogP contribution in [0.5, 0.6) is 0 Å². The van der Waals surface area contributed by atoms with Gasteiger partial charge >= 0.3 is 0 Å². The molecule has 1 N–H and O–H groups in total. The zero-order chi connectivity index (χ0) is 15.2. The monoisotopic (exact) mass is 305 g/mol. The molecule has 1 aromatic heterocycles. The van der Waals surface area contributed by atoms with Gasteiger partial charge < -0.3 is 5.32 Å². The summed E-state index contributed by atoms with van der Waals surface area (Å²) in [6, 6.07) is 10.6. The van der Waals surface area contributed by atoms with Crippen LogP contribution in [-0.4, -0.2) is 22.9 Å². The van der Waals surface area contributed by atoms with Crippen LogP contribution in [0.2, 0.25) is 5.02 Å². The van der Waals surface area contributed by atoms with E-state index in [0.717, 1.165) is 30.2 Å². The van der Waals surface area contributed by atoms with Crippen molar-refractivity contribution in [2.24, 2.45) is 0 Å². The molecule has 114 valence electrons. The first kappa shape index (κ1) is 16.1. The van der Waals surface area contributed by atoms with Crippen molar-refractivity contribution in [1.82, 2.24) is 15.1 Å². The summed E-state index contributed by atoms with van der Waals surface area (Å²) in [5, 5.41) is 8.93. The van der Waals surface area contributed by atoms with Crippen molar-refractivity contribution in [2.75, 3.05) is 13.1 Å². The highest BCUT2D eigenvalue weighted by molar-refractivity contribution is 6.31. The SMILES string of the molecule is CCNCC(Cc1ccn(C(C)C)n1)c1ccccc1Cl. The Morgan fingerprint density at radius 3 is 2.62 bits per heavy atom. The molecule has 1 heterocycles. The minimum Gasteiger partial charge on any atom is -0.316 e. The van der Waals surface area contributed by atoms with Gasteiger partial charge in [-0.15, -0.1) is 0 Å². The number of hydrogen-bond donors (Lipinski definition) is 1. The molecule has 1 aromatic carbocycles. The zero-order valence-electron chi connectivity index (χ0n) is 13.0. The second-order valence-electron chi connectivity index (χ2n) is 5.61. The van der Waals surface area contributed by atoms with Crippen molar-refractivity contribution >= 4 is 11.6 Å². The first-order valence-electron chi connectivity index (χ1n) is 7.61. The Kier molecular flexibility index (Phi) is 5.83. The van der Waals surface area contributed by atoms with Crippen molar-refractivity contribution < 1.29 is 0 Å². The summed E-state index contributed by atoms with van der Waals surface area (Å²) in [6.07, 6.45) is 2.95. The van der Waals surface area contributed by atoms with E-state index in [2.05, 4.69) is 49.5 Å². The predicted octanol–water partition coefficient (Wildman–Crippen LogP) is 4.05. The molecular weight excluding hydrogens is 282 g/mol. The normalized spacial score (nSPS) is 12.8. The average Bonchev–Trinajstić information content (AvgIpc) is 2.93. The number of benzene rings is 1. The van der Waals surface area contributed by atoms with Gasteiger partial charge in [-0.05, 0) is 44.5 Å². The summed E-state index contributed by atoms with van der Waals surface area (Å²) in [6.45, 7) is 8.27. The Morgan fingerprint density at radius 2 is 2.00 bits per heavy atom. The zero-order valence-corrected chi connectivity index (χ0v) is 13.8. The van der Waals surface area contributed by atoms with E-state index in [4.69, 9.17) is 11.6 Å². The molecule has 0 aliphatic rings. The maximum atomic E-state index is 6.37. The third kappa shape index (κ3) is 4.32. The summed E-state index contributed by atoms with van der Waals surface area (Å²) in [5.41, 5.74) is 2.31. The maximum Gasteiger partial charge on any atom is 0.0631 e. The number of nitrogens with one attached hydrogen (secondary N) is 1. The molecule has 3 nitrogen and oxygen atoms in total. The molecular formula is C17H24ClN3. The summed E-state index contributed by atoms with van der Waals surface area (Å²) >= 11 is 6.37. The van der Waals surface area contributed by atoms with E-state index in [-0.39, 0.29) is 0 Å². The molecule has 0 amide bonds. The van der Waals surface area contributed by atoms with Gasteiger partial charge in [0.2, 0.25) is 0 Å². The van der Waals surface area contributed by atoms with Gasteiger partial charge in [0.1, 0.15) is 0 Å². The fourth-order valence-electron chi connectivity index (χ4n) is 2.44. The van der Waals surface area contributed by atoms with Crippen molar-refractivity contribution in [3.05, 3.63) is 52.8 Å². The molecule has 2 aromatic rings. The van der Waals surface area contributed by atoms with Crippen LogP contribution in [0.4, 0.5) is 0 Å². The van der Waals surface area contributed by atoms with Crippen LogP contribution in [0.15, 0.2) is 36.5 Å². The number of hydrogen-bond acceptors (Lipinski definition) is 2. The molecule has 21 heavy (non-hydrogen) atoms. The molecule has 0 spiro atoms. The topological polar surface area (TPSA) is 29.9 Å². The predicted molar refractivity (Wildman–Crippen MR) is 89.1 cm³/mol. The van der Waals surface area contributed by atoms with Crippen molar-refractivity contribution in [3.8, 4) is 0 Å². The first-order chi connectivity index (χ1) is 10.1. The Morgan fingerprint density at radius 1 is 1.24 bits per heavy atom. The van der Waals surface area contributed by atoms with Crippen molar-refractivity contribution in [3.63, 3.8) is 0 Å². The molecule has 1 unspecified atom stereocenters. The molecule has 0 aliphatic heterocycles. The minimum absolute atomic E-state index is 0.342. The third-order valence-electron chi connectivity index (χ3n) is 3.63. The highest BCUT2D eigenvalue weighted by atomic mass is 35.5. The average molecular weight is 306 g/mol. The highest BCUT2D eigenvalue weighted by Crippen LogP contribution is 2.27. The molecule has 0 saturated carbocycles. The van der Waals surface area contributed by atoms with E-state index in [1.165, 1.54) is 5.56 Å². The van der Waals surface area contributed by atoms with Crippen molar-refractivity contribution in [2.45, 2.75) is 39.2 Å². The van der Waals surface area contributed by atoms with Gasteiger partial charge in [0.05, 0.1) is 5.69 Å². The number of aromatic nitrogens is 2. The number of nitrogens with zero attached hydrogens (tertiary/aromatic N) is 2. The van der Waals surface area contributed by atoms with Gasteiger partial charge in [-0.2, -0.15) is 5.10 Å². The van der Waals surface area contributed by atoms with Crippen LogP contribution in [-0.2, 0) is 6.42 Å². The third-order valence-corrected chi connectivity index (χ3v) is 3.98. The molecule has 4 heteroatoms. The lowest BCUT2D eigenvalue weighted by Gasteiger charge is -2.18. The summed E-state index contributed by atoms with van der Waals surface area (Å²) in [5.74, 6) is 0.342. The van der Waals surface area contributed by atoms with E-state index in [0.29, 0.717) is 12.0 Å².